The van der Waals surface area contributed by atoms with Gasteiger partial charge in [-0.2, -0.15) is 0 Å². The average Bonchev–Trinajstić information content (AvgIpc) is 2.40. The SMILES string of the molecule is CCN(CCC(=O)OC)C(=O)C1Cc2ccccc21. The lowest BCUT2D eigenvalue weighted by Crippen LogP contribution is -2.40. The van der Waals surface area contributed by atoms with Gasteiger partial charge in [0.05, 0.1) is 19.4 Å². The minimum atomic E-state index is -0.278. The molecule has 4 nitrogen and oxygen atoms in total. The molecular weight excluding hydrogens is 242 g/mol. The van der Waals surface area contributed by atoms with Crippen molar-refractivity contribution in [3.05, 3.63) is 35.4 Å². The third-order valence-electron chi connectivity index (χ3n) is 3.66. The summed E-state index contributed by atoms with van der Waals surface area (Å²) in [7, 11) is 1.36. The lowest BCUT2D eigenvalue weighted by atomic mass is 9.77. The molecule has 0 fully saturated rings. The Morgan fingerprint density at radius 3 is 2.74 bits per heavy atom. The number of nitrogens with zero attached hydrogens (tertiary/aromatic N) is 1. The summed E-state index contributed by atoms with van der Waals surface area (Å²) >= 11 is 0. The third kappa shape index (κ3) is 2.78. The molecule has 0 radical (unpaired) electrons. The Kier molecular flexibility index (Phi) is 4.20. The van der Waals surface area contributed by atoms with E-state index < -0.39 is 0 Å². The van der Waals surface area contributed by atoms with Crippen molar-refractivity contribution in [2.24, 2.45) is 0 Å². The molecule has 1 unspecified atom stereocenters. The summed E-state index contributed by atoms with van der Waals surface area (Å²) in [5, 5.41) is 0. The summed E-state index contributed by atoms with van der Waals surface area (Å²) in [5.74, 6) is -0.195. The van der Waals surface area contributed by atoms with Gasteiger partial charge in [0, 0.05) is 13.1 Å². The van der Waals surface area contributed by atoms with E-state index >= 15 is 0 Å². The van der Waals surface area contributed by atoms with Gasteiger partial charge in [-0.05, 0) is 24.5 Å². The van der Waals surface area contributed by atoms with Gasteiger partial charge in [0.2, 0.25) is 5.91 Å². The lowest BCUT2D eigenvalue weighted by molar-refractivity contribution is -0.142. The van der Waals surface area contributed by atoms with Crippen molar-refractivity contribution in [3.63, 3.8) is 0 Å². The summed E-state index contributed by atoms with van der Waals surface area (Å²) in [6.07, 6.45) is 1.06. The van der Waals surface area contributed by atoms with Crippen molar-refractivity contribution in [1.82, 2.24) is 4.90 Å². The molecule has 1 aromatic carbocycles. The van der Waals surface area contributed by atoms with Gasteiger partial charge in [-0.1, -0.05) is 24.3 Å². The molecule has 1 atom stereocenters. The monoisotopic (exact) mass is 261 g/mol. The lowest BCUT2D eigenvalue weighted by Gasteiger charge is -2.33. The van der Waals surface area contributed by atoms with Crippen LogP contribution in [-0.2, 0) is 20.7 Å². The van der Waals surface area contributed by atoms with Crippen molar-refractivity contribution in [2.45, 2.75) is 25.7 Å². The topological polar surface area (TPSA) is 46.6 Å². The van der Waals surface area contributed by atoms with Crippen molar-refractivity contribution in [2.75, 3.05) is 20.2 Å². The van der Waals surface area contributed by atoms with Crippen molar-refractivity contribution in [1.29, 1.82) is 0 Å². The van der Waals surface area contributed by atoms with Crippen LogP contribution < -0.4 is 0 Å². The zero-order valence-electron chi connectivity index (χ0n) is 11.4. The molecule has 0 aromatic heterocycles. The van der Waals surface area contributed by atoms with Crippen LogP contribution in [0.3, 0.4) is 0 Å². The first kappa shape index (κ1) is 13.6. The molecule has 1 aliphatic carbocycles. The molecule has 0 spiro atoms. The number of likely N-dealkylation sites (N-methyl/N-ethyl adjacent to an activating group) is 1. The Hall–Kier alpha value is -1.84. The number of carbonyl (C=O) groups excluding carboxylic acids is 2. The van der Waals surface area contributed by atoms with Gasteiger partial charge in [0.25, 0.3) is 0 Å². The fraction of sp³-hybridized carbons (Fsp3) is 0.467. The maximum atomic E-state index is 12.4. The maximum absolute atomic E-state index is 12.4. The number of rotatable bonds is 5. The molecule has 0 saturated carbocycles. The summed E-state index contributed by atoms with van der Waals surface area (Å²) in [5.41, 5.74) is 2.38. The molecule has 2 rings (SSSR count). The van der Waals surface area contributed by atoms with E-state index in [0.29, 0.717) is 13.1 Å². The Bertz CT molecular complexity index is 484. The molecule has 1 aliphatic rings. The molecule has 1 amide bonds. The molecule has 4 heteroatoms. The van der Waals surface area contributed by atoms with Crippen LogP contribution in [0, 0.1) is 0 Å². The molecule has 0 bridgehead atoms. The Balaban J connectivity index is 1.97. The average molecular weight is 261 g/mol. The number of hydrogen-bond donors (Lipinski definition) is 0. The predicted octanol–water partition coefficient (Wildman–Crippen LogP) is 1.74. The Morgan fingerprint density at radius 1 is 1.37 bits per heavy atom. The minimum Gasteiger partial charge on any atom is -0.469 e. The highest BCUT2D eigenvalue weighted by molar-refractivity contribution is 5.87. The number of fused-ring (bicyclic) bond motifs is 1. The van der Waals surface area contributed by atoms with Crippen molar-refractivity contribution >= 4 is 11.9 Å². The molecular formula is C15H19NO3. The number of ether oxygens (including phenoxy) is 1. The molecule has 1 aromatic rings. The summed E-state index contributed by atoms with van der Waals surface area (Å²) in [4.78, 5) is 25.3. The van der Waals surface area contributed by atoms with Gasteiger partial charge in [-0.3, -0.25) is 9.59 Å². The zero-order valence-corrected chi connectivity index (χ0v) is 11.4. The van der Waals surface area contributed by atoms with E-state index in [0.717, 1.165) is 12.0 Å². The molecule has 0 heterocycles. The summed E-state index contributed by atoms with van der Waals surface area (Å²) in [6.45, 7) is 2.98. The number of hydrogen-bond acceptors (Lipinski definition) is 3. The number of methoxy groups -OCH3 is 1. The first-order chi connectivity index (χ1) is 9.17. The van der Waals surface area contributed by atoms with E-state index in [9.17, 15) is 9.59 Å². The molecule has 102 valence electrons. The van der Waals surface area contributed by atoms with Crippen LogP contribution in [0.15, 0.2) is 24.3 Å². The standard InChI is InChI=1S/C15H19NO3/c1-3-16(9-8-14(17)19-2)15(18)13-10-11-6-4-5-7-12(11)13/h4-7,13H,3,8-10H2,1-2H3. The Morgan fingerprint density at radius 2 is 2.11 bits per heavy atom. The number of benzene rings is 1. The first-order valence-electron chi connectivity index (χ1n) is 6.60. The number of amides is 1. The summed E-state index contributed by atoms with van der Waals surface area (Å²) < 4.78 is 4.60. The van der Waals surface area contributed by atoms with E-state index in [-0.39, 0.29) is 24.2 Å². The fourth-order valence-electron chi connectivity index (χ4n) is 2.45. The second-order valence-corrected chi connectivity index (χ2v) is 4.70. The van der Waals surface area contributed by atoms with E-state index in [4.69, 9.17) is 0 Å². The van der Waals surface area contributed by atoms with Gasteiger partial charge >= 0.3 is 5.97 Å². The Labute approximate surface area is 113 Å². The highest BCUT2D eigenvalue weighted by atomic mass is 16.5. The second kappa shape index (κ2) is 5.87. The first-order valence-corrected chi connectivity index (χ1v) is 6.60. The normalized spacial score (nSPS) is 16.2. The van der Waals surface area contributed by atoms with Crippen LogP contribution in [-0.4, -0.2) is 37.0 Å². The molecule has 19 heavy (non-hydrogen) atoms. The van der Waals surface area contributed by atoms with Crippen LogP contribution in [0.5, 0.6) is 0 Å². The van der Waals surface area contributed by atoms with E-state index in [2.05, 4.69) is 10.8 Å². The third-order valence-corrected chi connectivity index (χ3v) is 3.66. The van der Waals surface area contributed by atoms with Gasteiger partial charge < -0.3 is 9.64 Å². The highest BCUT2D eigenvalue weighted by Crippen LogP contribution is 2.36. The molecule has 0 N–H and O–H groups in total. The van der Waals surface area contributed by atoms with Crippen LogP contribution >= 0.6 is 0 Å². The molecule has 0 aliphatic heterocycles. The highest BCUT2D eigenvalue weighted by Gasteiger charge is 2.34. The smallest absolute Gasteiger partial charge is 0.307 e. The summed E-state index contributed by atoms with van der Waals surface area (Å²) in [6, 6.07) is 8.02. The van der Waals surface area contributed by atoms with E-state index in [1.54, 1.807) is 4.90 Å². The van der Waals surface area contributed by atoms with Gasteiger partial charge in [0.15, 0.2) is 0 Å². The molecule has 0 saturated heterocycles. The van der Waals surface area contributed by atoms with Crippen LogP contribution in [0.2, 0.25) is 0 Å². The predicted molar refractivity (Wildman–Crippen MR) is 71.8 cm³/mol. The van der Waals surface area contributed by atoms with Crippen LogP contribution in [0.25, 0.3) is 0 Å². The van der Waals surface area contributed by atoms with Crippen LogP contribution in [0.1, 0.15) is 30.4 Å². The van der Waals surface area contributed by atoms with Crippen molar-refractivity contribution in [3.8, 4) is 0 Å². The zero-order chi connectivity index (χ0) is 13.8. The fourth-order valence-corrected chi connectivity index (χ4v) is 2.45. The maximum Gasteiger partial charge on any atom is 0.307 e. The van der Waals surface area contributed by atoms with Gasteiger partial charge in [-0.25, -0.2) is 0 Å². The quantitative estimate of drug-likeness (QED) is 0.758. The second-order valence-electron chi connectivity index (χ2n) is 4.70. The van der Waals surface area contributed by atoms with Crippen LogP contribution in [0.4, 0.5) is 0 Å². The largest absolute Gasteiger partial charge is 0.469 e. The van der Waals surface area contributed by atoms with E-state index in [1.165, 1.54) is 12.7 Å². The number of esters is 1. The van der Waals surface area contributed by atoms with Crippen molar-refractivity contribution < 1.29 is 14.3 Å². The van der Waals surface area contributed by atoms with E-state index in [1.807, 2.05) is 25.1 Å². The van der Waals surface area contributed by atoms with Gasteiger partial charge in [-0.15, -0.1) is 0 Å². The number of carbonyl (C=O) groups is 2. The van der Waals surface area contributed by atoms with Gasteiger partial charge in [0.1, 0.15) is 0 Å². The minimum absolute atomic E-state index is 0.0335.